The van der Waals surface area contributed by atoms with Gasteiger partial charge in [0.2, 0.25) is 0 Å². The molecule has 0 saturated carbocycles. The van der Waals surface area contributed by atoms with Crippen LogP contribution in [0.5, 0.6) is 0 Å². The van der Waals surface area contributed by atoms with E-state index >= 15 is 0 Å². The Morgan fingerprint density at radius 3 is 2.30 bits per heavy atom. The van der Waals surface area contributed by atoms with E-state index in [1.165, 1.54) is 36.9 Å². The average Bonchev–Trinajstić information content (AvgIpc) is 2.36. The van der Waals surface area contributed by atoms with E-state index in [1.54, 1.807) is 0 Å². The molecule has 2 nitrogen and oxygen atoms in total. The van der Waals surface area contributed by atoms with Gasteiger partial charge in [0.05, 0.1) is 0 Å². The summed E-state index contributed by atoms with van der Waals surface area (Å²) < 4.78 is 0. The van der Waals surface area contributed by atoms with Gasteiger partial charge in [0.1, 0.15) is 0 Å². The number of hydrogen-bond donors (Lipinski definition) is 1. The minimum Gasteiger partial charge on any atom is -0.374 e. The summed E-state index contributed by atoms with van der Waals surface area (Å²) in [4.78, 5) is 2.38. The highest BCUT2D eigenvalue weighted by Crippen LogP contribution is 2.18. The summed E-state index contributed by atoms with van der Waals surface area (Å²) in [6.45, 7) is 11.1. The van der Waals surface area contributed by atoms with Crippen molar-refractivity contribution in [2.24, 2.45) is 0 Å². The van der Waals surface area contributed by atoms with Crippen LogP contribution in [-0.2, 0) is 0 Å². The van der Waals surface area contributed by atoms with E-state index in [-0.39, 0.29) is 5.54 Å². The Morgan fingerprint density at radius 2 is 1.65 bits per heavy atom. The molecule has 0 amide bonds. The van der Waals surface area contributed by atoms with Crippen LogP contribution in [0.4, 0.5) is 5.69 Å². The summed E-state index contributed by atoms with van der Waals surface area (Å²) in [7, 11) is 2.20. The van der Waals surface area contributed by atoms with Crippen molar-refractivity contribution in [1.82, 2.24) is 5.32 Å². The highest BCUT2D eigenvalue weighted by molar-refractivity contribution is 5.52. The second kappa shape index (κ2) is 8.31. The summed E-state index contributed by atoms with van der Waals surface area (Å²) in [5.41, 5.74) is 2.98. The molecule has 0 aliphatic carbocycles. The predicted octanol–water partition coefficient (Wildman–Crippen LogP) is 4.38. The van der Waals surface area contributed by atoms with Gasteiger partial charge in [0, 0.05) is 24.8 Å². The van der Waals surface area contributed by atoms with Crippen LogP contribution in [0.3, 0.4) is 0 Å². The highest BCUT2D eigenvalue weighted by atomic mass is 15.1. The zero-order valence-corrected chi connectivity index (χ0v) is 14.0. The number of unbranched alkanes of at least 4 members (excludes halogenated alkanes) is 3. The van der Waals surface area contributed by atoms with E-state index in [1.807, 2.05) is 0 Å². The third-order valence-corrected chi connectivity index (χ3v) is 3.60. The molecule has 1 aromatic carbocycles. The first-order valence-corrected chi connectivity index (χ1v) is 7.92. The van der Waals surface area contributed by atoms with Crippen molar-refractivity contribution in [3.63, 3.8) is 0 Å². The first-order valence-electron chi connectivity index (χ1n) is 7.92. The van der Waals surface area contributed by atoms with Crippen molar-refractivity contribution in [3.05, 3.63) is 29.8 Å². The molecule has 0 bridgehead atoms. The maximum absolute atomic E-state index is 3.54. The van der Waals surface area contributed by atoms with Gasteiger partial charge in [-0.3, -0.25) is 0 Å². The fourth-order valence-corrected chi connectivity index (χ4v) is 2.40. The molecule has 1 rings (SSSR count). The van der Waals surface area contributed by atoms with Gasteiger partial charge in [-0.2, -0.15) is 0 Å². The molecule has 0 fully saturated rings. The number of aryl methyl sites for hydroxylation is 1. The number of nitrogens with one attached hydrogen (secondary N) is 1. The second-order valence-corrected chi connectivity index (χ2v) is 6.80. The summed E-state index contributed by atoms with van der Waals surface area (Å²) in [6.07, 6.45) is 5.21. The third-order valence-electron chi connectivity index (χ3n) is 3.60. The van der Waals surface area contributed by atoms with Crippen LogP contribution >= 0.6 is 0 Å². The number of anilines is 1. The molecule has 0 aliphatic rings. The number of para-hydroxylation sites is 1. The van der Waals surface area contributed by atoms with Gasteiger partial charge in [0.25, 0.3) is 0 Å². The molecule has 1 aromatic rings. The normalized spacial score (nSPS) is 11.7. The lowest BCUT2D eigenvalue weighted by Crippen LogP contribution is -2.36. The Labute approximate surface area is 125 Å². The van der Waals surface area contributed by atoms with Crippen LogP contribution in [-0.4, -0.2) is 25.7 Å². The molecule has 0 aliphatic heterocycles. The molecular weight excluding hydrogens is 244 g/mol. The van der Waals surface area contributed by atoms with Crippen molar-refractivity contribution >= 4 is 5.69 Å². The minimum atomic E-state index is 0.255. The Morgan fingerprint density at radius 1 is 1.00 bits per heavy atom. The second-order valence-electron chi connectivity index (χ2n) is 6.80. The van der Waals surface area contributed by atoms with Crippen LogP contribution < -0.4 is 10.2 Å². The van der Waals surface area contributed by atoms with Crippen molar-refractivity contribution in [2.45, 2.75) is 58.9 Å². The van der Waals surface area contributed by atoms with Crippen LogP contribution in [0.15, 0.2) is 24.3 Å². The van der Waals surface area contributed by atoms with Gasteiger partial charge in [-0.05, 0) is 58.7 Å². The Balaban J connectivity index is 2.11. The fourth-order valence-electron chi connectivity index (χ4n) is 2.40. The lowest BCUT2D eigenvalue weighted by Gasteiger charge is -2.22. The first kappa shape index (κ1) is 17.0. The van der Waals surface area contributed by atoms with Gasteiger partial charge < -0.3 is 10.2 Å². The van der Waals surface area contributed by atoms with Crippen molar-refractivity contribution in [2.75, 3.05) is 25.0 Å². The van der Waals surface area contributed by atoms with Gasteiger partial charge in [-0.15, -0.1) is 0 Å². The molecular formula is C18H32N2. The van der Waals surface area contributed by atoms with E-state index in [0.29, 0.717) is 0 Å². The minimum absolute atomic E-state index is 0.255. The van der Waals surface area contributed by atoms with Crippen molar-refractivity contribution in [3.8, 4) is 0 Å². The zero-order valence-electron chi connectivity index (χ0n) is 14.0. The summed E-state index contributed by atoms with van der Waals surface area (Å²) in [6, 6.07) is 8.62. The maximum atomic E-state index is 3.54. The summed E-state index contributed by atoms with van der Waals surface area (Å²) in [5, 5.41) is 3.54. The Hall–Kier alpha value is -1.02. The molecule has 1 N–H and O–H groups in total. The molecule has 0 aromatic heterocycles. The smallest absolute Gasteiger partial charge is 0.0393 e. The first-order chi connectivity index (χ1) is 9.40. The molecule has 0 saturated heterocycles. The topological polar surface area (TPSA) is 15.3 Å². The van der Waals surface area contributed by atoms with Crippen LogP contribution in [0.1, 0.15) is 52.0 Å². The number of benzene rings is 1. The predicted molar refractivity (Wildman–Crippen MR) is 90.7 cm³/mol. The monoisotopic (exact) mass is 276 g/mol. The Kier molecular flexibility index (Phi) is 7.08. The molecule has 0 radical (unpaired) electrons. The molecule has 114 valence electrons. The van der Waals surface area contributed by atoms with E-state index in [0.717, 1.165) is 13.1 Å². The molecule has 0 spiro atoms. The largest absolute Gasteiger partial charge is 0.374 e. The molecule has 20 heavy (non-hydrogen) atoms. The average molecular weight is 276 g/mol. The van der Waals surface area contributed by atoms with Gasteiger partial charge in [-0.25, -0.2) is 0 Å². The van der Waals surface area contributed by atoms with Crippen LogP contribution in [0.2, 0.25) is 0 Å². The van der Waals surface area contributed by atoms with E-state index < -0.39 is 0 Å². The number of hydrogen-bond acceptors (Lipinski definition) is 2. The van der Waals surface area contributed by atoms with Gasteiger partial charge in [0.15, 0.2) is 0 Å². The highest BCUT2D eigenvalue weighted by Gasteiger charge is 2.07. The fraction of sp³-hybridized carbons (Fsp3) is 0.667. The van der Waals surface area contributed by atoms with Crippen LogP contribution in [0, 0.1) is 6.92 Å². The third kappa shape index (κ3) is 6.95. The molecule has 0 heterocycles. The number of rotatable bonds is 8. The molecule has 2 heteroatoms. The van der Waals surface area contributed by atoms with Gasteiger partial charge >= 0.3 is 0 Å². The van der Waals surface area contributed by atoms with Crippen LogP contribution in [0.25, 0.3) is 0 Å². The SMILES string of the molecule is Cc1ccccc1N(C)CCCCCCNC(C)(C)C. The Bertz CT molecular complexity index is 379. The van der Waals surface area contributed by atoms with Gasteiger partial charge in [-0.1, -0.05) is 31.0 Å². The van der Waals surface area contributed by atoms with E-state index in [2.05, 4.69) is 69.2 Å². The lowest BCUT2D eigenvalue weighted by molar-refractivity contribution is 0.416. The molecule has 0 atom stereocenters. The van der Waals surface area contributed by atoms with Crippen molar-refractivity contribution < 1.29 is 0 Å². The zero-order chi connectivity index (χ0) is 15.0. The summed E-state index contributed by atoms with van der Waals surface area (Å²) in [5.74, 6) is 0. The lowest BCUT2D eigenvalue weighted by atomic mass is 10.1. The molecule has 0 unspecified atom stereocenters. The van der Waals surface area contributed by atoms with Crippen molar-refractivity contribution in [1.29, 1.82) is 0 Å². The van der Waals surface area contributed by atoms with E-state index in [9.17, 15) is 0 Å². The van der Waals surface area contributed by atoms with E-state index in [4.69, 9.17) is 0 Å². The standard InChI is InChI=1S/C18H32N2/c1-16-12-8-9-13-17(16)20(5)15-11-7-6-10-14-19-18(2,3)4/h8-9,12-13,19H,6-7,10-11,14-15H2,1-5H3. The summed E-state index contributed by atoms with van der Waals surface area (Å²) >= 11 is 0. The maximum Gasteiger partial charge on any atom is 0.0393 e. The number of nitrogens with zero attached hydrogens (tertiary/aromatic N) is 1. The quantitative estimate of drug-likeness (QED) is 0.709.